The number of hydrogen-bond acceptors (Lipinski definition) is 6. The SMILES string of the molecule is COc1cc(C)cc(CN2CCN(Cc3ccc4c(c3)c(-c3c(Cl)cccc3OC)cn4CCCCC(=O)C3CCCNC3)CC2)c1. The van der Waals surface area contributed by atoms with E-state index < -0.39 is 0 Å². The van der Waals surface area contributed by atoms with Crippen molar-refractivity contribution in [3.05, 3.63) is 82.5 Å². The van der Waals surface area contributed by atoms with E-state index >= 15 is 0 Å². The zero-order valence-electron chi connectivity index (χ0n) is 28.2. The number of benzene rings is 3. The van der Waals surface area contributed by atoms with Crippen LogP contribution in [0.3, 0.4) is 0 Å². The van der Waals surface area contributed by atoms with Crippen molar-refractivity contribution in [1.82, 2.24) is 19.7 Å². The maximum absolute atomic E-state index is 12.8. The number of rotatable bonds is 13. The molecular weight excluding hydrogens is 608 g/mol. The van der Waals surface area contributed by atoms with Gasteiger partial charge < -0.3 is 19.4 Å². The molecule has 0 saturated carbocycles. The summed E-state index contributed by atoms with van der Waals surface area (Å²) in [6.07, 6.45) is 6.87. The lowest BCUT2D eigenvalue weighted by Crippen LogP contribution is -2.45. The molecule has 4 aromatic rings. The zero-order valence-corrected chi connectivity index (χ0v) is 29.0. The molecular formula is C39H49ClN4O3. The highest BCUT2D eigenvalue weighted by atomic mass is 35.5. The van der Waals surface area contributed by atoms with Crippen molar-refractivity contribution in [2.45, 2.75) is 58.7 Å². The number of methoxy groups -OCH3 is 2. The second-order valence-electron chi connectivity index (χ2n) is 13.3. The predicted octanol–water partition coefficient (Wildman–Crippen LogP) is 7.34. The molecule has 2 saturated heterocycles. The first-order valence-corrected chi connectivity index (χ1v) is 17.6. The fourth-order valence-corrected chi connectivity index (χ4v) is 7.60. The van der Waals surface area contributed by atoms with Gasteiger partial charge in [-0.25, -0.2) is 0 Å². The van der Waals surface area contributed by atoms with E-state index in [2.05, 4.69) is 69.2 Å². The van der Waals surface area contributed by atoms with Crippen LogP contribution in [-0.4, -0.2) is 73.6 Å². The molecule has 47 heavy (non-hydrogen) atoms. The summed E-state index contributed by atoms with van der Waals surface area (Å²) < 4.78 is 13.6. The molecule has 0 aliphatic carbocycles. The van der Waals surface area contributed by atoms with Crippen molar-refractivity contribution in [3.8, 4) is 22.6 Å². The number of aromatic nitrogens is 1. The fraction of sp³-hybridized carbons (Fsp3) is 0.462. The van der Waals surface area contributed by atoms with Gasteiger partial charge in [-0.15, -0.1) is 0 Å². The summed E-state index contributed by atoms with van der Waals surface area (Å²) in [4.78, 5) is 17.9. The molecule has 8 heteroatoms. The number of ketones is 1. The number of ether oxygens (including phenoxy) is 2. The van der Waals surface area contributed by atoms with E-state index in [0.717, 1.165) is 107 Å². The molecule has 2 fully saturated rings. The first-order chi connectivity index (χ1) is 22.9. The summed E-state index contributed by atoms with van der Waals surface area (Å²) in [5.41, 5.74) is 7.04. The smallest absolute Gasteiger partial charge is 0.137 e. The minimum Gasteiger partial charge on any atom is -0.497 e. The van der Waals surface area contributed by atoms with Crippen molar-refractivity contribution in [3.63, 3.8) is 0 Å². The van der Waals surface area contributed by atoms with Crippen LogP contribution < -0.4 is 14.8 Å². The highest BCUT2D eigenvalue weighted by Crippen LogP contribution is 2.41. The number of halogens is 1. The largest absolute Gasteiger partial charge is 0.497 e. The van der Waals surface area contributed by atoms with Crippen molar-refractivity contribution in [2.24, 2.45) is 5.92 Å². The van der Waals surface area contributed by atoms with E-state index in [1.165, 1.54) is 27.6 Å². The molecule has 3 aromatic carbocycles. The zero-order chi connectivity index (χ0) is 32.8. The van der Waals surface area contributed by atoms with Gasteiger partial charge in [0.05, 0.1) is 19.2 Å². The van der Waals surface area contributed by atoms with Crippen LogP contribution in [-0.2, 0) is 24.4 Å². The Labute approximate surface area is 284 Å². The summed E-state index contributed by atoms with van der Waals surface area (Å²) in [5.74, 6) is 2.31. The molecule has 0 radical (unpaired) electrons. The first kappa shape index (κ1) is 33.5. The monoisotopic (exact) mass is 656 g/mol. The summed E-state index contributed by atoms with van der Waals surface area (Å²) in [5, 5.41) is 5.24. The number of hydrogen-bond donors (Lipinski definition) is 1. The standard InChI is InChI=1S/C39H49ClN4O3/c1-28-20-30(22-32(21-28)46-2)26-43-18-16-42(17-19-43)25-29-12-13-36-33(23-29)34(39-35(40)9-6-11-38(39)47-3)27-44(36)15-5-4-10-37(45)31-8-7-14-41-24-31/h6,9,11-13,20-23,27,31,41H,4-5,7-8,10,14-19,24-26H2,1-3H3. The number of fused-ring (bicyclic) bond motifs is 1. The topological polar surface area (TPSA) is 59.0 Å². The van der Waals surface area contributed by atoms with Crippen molar-refractivity contribution in [2.75, 3.05) is 53.5 Å². The van der Waals surface area contributed by atoms with Gasteiger partial charge in [0.25, 0.3) is 0 Å². The number of piperidine rings is 1. The van der Waals surface area contributed by atoms with Gasteiger partial charge >= 0.3 is 0 Å². The third-order valence-corrected chi connectivity index (χ3v) is 10.2. The normalized spacial score (nSPS) is 17.7. The van der Waals surface area contributed by atoms with E-state index in [-0.39, 0.29) is 5.92 Å². The number of nitrogens with one attached hydrogen (secondary N) is 1. The van der Waals surface area contributed by atoms with Crippen LogP contribution in [0.2, 0.25) is 5.02 Å². The Hall–Kier alpha value is -3.36. The average Bonchev–Trinajstić information content (AvgIpc) is 3.44. The lowest BCUT2D eigenvalue weighted by molar-refractivity contribution is -0.123. The molecule has 3 heterocycles. The number of carbonyl (C=O) groups excluding carboxylic acids is 1. The molecule has 1 aromatic heterocycles. The molecule has 1 unspecified atom stereocenters. The van der Waals surface area contributed by atoms with Crippen LogP contribution >= 0.6 is 11.6 Å². The van der Waals surface area contributed by atoms with E-state index in [4.69, 9.17) is 21.1 Å². The number of nitrogens with zero attached hydrogens (tertiary/aromatic N) is 3. The Balaban J connectivity index is 1.15. The Bertz CT molecular complexity index is 1670. The van der Waals surface area contributed by atoms with Crippen LogP contribution in [0.15, 0.2) is 60.8 Å². The lowest BCUT2D eigenvalue weighted by Gasteiger charge is -2.34. The second kappa shape index (κ2) is 15.7. The average molecular weight is 657 g/mol. The molecule has 250 valence electrons. The summed E-state index contributed by atoms with van der Waals surface area (Å²) >= 11 is 6.83. The molecule has 0 bridgehead atoms. The van der Waals surface area contributed by atoms with E-state index in [9.17, 15) is 4.79 Å². The van der Waals surface area contributed by atoms with Crippen LogP contribution in [0.25, 0.3) is 22.0 Å². The van der Waals surface area contributed by atoms with Crippen LogP contribution in [0.4, 0.5) is 0 Å². The number of unbranched alkanes of at least 4 members (excludes halogenated alkanes) is 1. The Morgan fingerprint density at radius 3 is 2.45 bits per heavy atom. The summed E-state index contributed by atoms with van der Waals surface area (Å²) in [7, 11) is 3.44. The van der Waals surface area contributed by atoms with E-state index in [1.54, 1.807) is 14.2 Å². The van der Waals surface area contributed by atoms with Crippen LogP contribution in [0, 0.1) is 12.8 Å². The van der Waals surface area contributed by atoms with Gasteiger partial charge in [-0.3, -0.25) is 14.6 Å². The quantitative estimate of drug-likeness (QED) is 0.152. The maximum atomic E-state index is 12.8. The highest BCUT2D eigenvalue weighted by molar-refractivity contribution is 6.34. The Kier molecular flexibility index (Phi) is 11.2. The predicted molar refractivity (Wildman–Crippen MR) is 192 cm³/mol. The molecule has 1 N–H and O–H groups in total. The highest BCUT2D eigenvalue weighted by Gasteiger charge is 2.22. The van der Waals surface area contributed by atoms with Gasteiger partial charge in [0, 0.05) is 92.9 Å². The number of Topliss-reactive ketones (excluding diaryl/α,β-unsaturated/α-hetero) is 1. The van der Waals surface area contributed by atoms with Crippen molar-refractivity contribution in [1.29, 1.82) is 0 Å². The molecule has 6 rings (SSSR count). The third kappa shape index (κ3) is 8.21. The molecule has 1 atom stereocenters. The maximum Gasteiger partial charge on any atom is 0.137 e. The van der Waals surface area contributed by atoms with Crippen molar-refractivity contribution >= 4 is 28.3 Å². The third-order valence-electron chi connectivity index (χ3n) is 9.86. The van der Waals surface area contributed by atoms with Gasteiger partial charge in [0.2, 0.25) is 0 Å². The lowest BCUT2D eigenvalue weighted by atomic mass is 9.92. The number of aryl methyl sites for hydroxylation is 2. The number of carbonyl (C=O) groups is 1. The van der Waals surface area contributed by atoms with Gasteiger partial charge in [-0.05, 0) is 92.2 Å². The van der Waals surface area contributed by atoms with Gasteiger partial charge in [0.1, 0.15) is 17.3 Å². The Morgan fingerprint density at radius 2 is 1.72 bits per heavy atom. The van der Waals surface area contributed by atoms with Gasteiger partial charge in [-0.1, -0.05) is 29.8 Å². The summed E-state index contributed by atoms with van der Waals surface area (Å²) in [6.45, 7) is 10.8. The summed E-state index contributed by atoms with van der Waals surface area (Å²) in [6, 6.07) is 19.2. The first-order valence-electron chi connectivity index (χ1n) is 17.2. The molecule has 2 aliphatic rings. The van der Waals surface area contributed by atoms with E-state index in [1.807, 2.05) is 18.2 Å². The fourth-order valence-electron chi connectivity index (χ4n) is 7.33. The molecule has 7 nitrogen and oxygen atoms in total. The van der Waals surface area contributed by atoms with Gasteiger partial charge in [0.15, 0.2) is 0 Å². The van der Waals surface area contributed by atoms with Crippen LogP contribution in [0.5, 0.6) is 11.5 Å². The molecule has 0 spiro atoms. The van der Waals surface area contributed by atoms with E-state index in [0.29, 0.717) is 17.2 Å². The second-order valence-corrected chi connectivity index (χ2v) is 13.7. The molecule has 0 amide bonds. The van der Waals surface area contributed by atoms with Gasteiger partial charge in [-0.2, -0.15) is 0 Å². The molecule has 2 aliphatic heterocycles. The number of piperazine rings is 1. The van der Waals surface area contributed by atoms with Crippen molar-refractivity contribution < 1.29 is 14.3 Å². The van der Waals surface area contributed by atoms with Crippen LogP contribution in [0.1, 0.15) is 48.8 Å². The minimum absolute atomic E-state index is 0.189. The minimum atomic E-state index is 0.189. The Morgan fingerprint density at radius 1 is 0.936 bits per heavy atom.